The number of aryl methyl sites for hydroxylation is 2. The fourth-order valence-corrected chi connectivity index (χ4v) is 1.47. The molecule has 0 aliphatic heterocycles. The van der Waals surface area contributed by atoms with Gasteiger partial charge in [0.15, 0.2) is 0 Å². The molecule has 0 aliphatic carbocycles. The quantitative estimate of drug-likeness (QED) is 0.741. The normalized spacial score (nSPS) is 10.4. The van der Waals surface area contributed by atoms with Crippen molar-refractivity contribution in [2.45, 2.75) is 19.4 Å². The van der Waals surface area contributed by atoms with Crippen molar-refractivity contribution in [3.8, 4) is 0 Å². The Morgan fingerprint density at radius 1 is 1.27 bits per heavy atom. The van der Waals surface area contributed by atoms with Crippen LogP contribution in [0.2, 0.25) is 0 Å². The van der Waals surface area contributed by atoms with E-state index >= 15 is 0 Å². The van der Waals surface area contributed by atoms with Crippen molar-refractivity contribution >= 4 is 0 Å². The fourth-order valence-electron chi connectivity index (χ4n) is 1.47. The summed E-state index contributed by atoms with van der Waals surface area (Å²) < 4.78 is 6.30. The smallest absolute Gasteiger partial charge is 0.264 e. The van der Waals surface area contributed by atoms with E-state index in [0.717, 1.165) is 19.4 Å². The van der Waals surface area contributed by atoms with Gasteiger partial charge < -0.3 is 4.52 Å². The molecule has 4 nitrogen and oxygen atoms in total. The summed E-state index contributed by atoms with van der Waals surface area (Å²) in [4.78, 5) is 0. The summed E-state index contributed by atoms with van der Waals surface area (Å²) in [5.74, 6) is 0. The Morgan fingerprint density at radius 3 is 2.73 bits per heavy atom. The minimum absolute atomic E-state index is 0.106. The molecule has 4 heteroatoms. The summed E-state index contributed by atoms with van der Waals surface area (Å²) in [6, 6.07) is 10.3. The third kappa shape index (κ3) is 2.80. The summed E-state index contributed by atoms with van der Waals surface area (Å²) in [7, 11) is 0. The number of benzene rings is 1. The van der Waals surface area contributed by atoms with Gasteiger partial charge in [0.25, 0.3) is 5.55 Å². The van der Waals surface area contributed by atoms with Gasteiger partial charge in [0.05, 0.1) is 0 Å². The van der Waals surface area contributed by atoms with Crippen molar-refractivity contribution in [1.29, 1.82) is 5.41 Å². The molecule has 78 valence electrons. The molecule has 0 saturated carbocycles. The summed E-state index contributed by atoms with van der Waals surface area (Å²) in [6.45, 7) is 0.789. The van der Waals surface area contributed by atoms with E-state index in [-0.39, 0.29) is 5.55 Å². The van der Waals surface area contributed by atoms with Gasteiger partial charge in [-0.25, -0.2) is 4.68 Å². The molecular weight excluding hydrogens is 190 g/mol. The Kier molecular flexibility index (Phi) is 2.97. The molecule has 0 unspecified atom stereocenters. The molecule has 0 bridgehead atoms. The molecule has 1 aromatic carbocycles. The maximum absolute atomic E-state index is 7.17. The van der Waals surface area contributed by atoms with E-state index in [1.165, 1.54) is 5.56 Å². The first kappa shape index (κ1) is 9.71. The predicted octanol–water partition coefficient (Wildman–Crippen LogP) is 0.637. The lowest BCUT2D eigenvalue weighted by molar-refractivity contribution is -0.767. The van der Waals surface area contributed by atoms with Crippen LogP contribution in [-0.4, -0.2) is 0 Å². The van der Waals surface area contributed by atoms with Gasteiger partial charge in [-0.3, -0.25) is 10.7 Å². The topological polar surface area (TPSA) is 55.0 Å². The second-order valence-corrected chi connectivity index (χ2v) is 3.42. The van der Waals surface area contributed by atoms with Crippen LogP contribution in [0.25, 0.3) is 0 Å². The molecular formula is C11H13N3O. The van der Waals surface area contributed by atoms with E-state index in [4.69, 9.17) is 5.41 Å². The van der Waals surface area contributed by atoms with Gasteiger partial charge in [0.1, 0.15) is 6.54 Å². The lowest BCUT2D eigenvalue weighted by atomic mass is 10.1. The predicted molar refractivity (Wildman–Crippen MR) is 52.8 cm³/mol. The number of nitrogens with zero attached hydrogens (tertiary/aromatic N) is 2. The van der Waals surface area contributed by atoms with Gasteiger partial charge in [0.2, 0.25) is 6.20 Å². The summed E-state index contributed by atoms with van der Waals surface area (Å²) >= 11 is 0. The number of hydrogen-bond acceptors (Lipinski definition) is 2. The molecule has 0 saturated heterocycles. The highest BCUT2D eigenvalue weighted by molar-refractivity contribution is 5.14. The largest absolute Gasteiger partial charge is 0.487 e. The van der Waals surface area contributed by atoms with E-state index in [2.05, 4.69) is 21.9 Å². The average molecular weight is 203 g/mol. The van der Waals surface area contributed by atoms with Crippen LogP contribution < -0.4 is 15.5 Å². The van der Waals surface area contributed by atoms with Crippen molar-refractivity contribution in [3.63, 3.8) is 0 Å². The Morgan fingerprint density at radius 2 is 2.07 bits per heavy atom. The highest BCUT2D eigenvalue weighted by Gasteiger charge is 1.97. The van der Waals surface area contributed by atoms with E-state index in [1.807, 2.05) is 18.2 Å². The maximum atomic E-state index is 7.17. The van der Waals surface area contributed by atoms with Crippen LogP contribution >= 0.6 is 0 Å². The van der Waals surface area contributed by atoms with E-state index < -0.39 is 0 Å². The molecule has 0 amide bonds. The third-order valence-electron chi connectivity index (χ3n) is 2.21. The highest BCUT2D eigenvalue weighted by Crippen LogP contribution is 2.01. The van der Waals surface area contributed by atoms with Crippen LogP contribution in [0.1, 0.15) is 12.0 Å². The van der Waals surface area contributed by atoms with Crippen molar-refractivity contribution in [3.05, 3.63) is 47.6 Å². The lowest BCUT2D eigenvalue weighted by Gasteiger charge is -1.99. The molecule has 0 spiro atoms. The van der Waals surface area contributed by atoms with Crippen molar-refractivity contribution in [2.24, 2.45) is 0 Å². The van der Waals surface area contributed by atoms with Crippen molar-refractivity contribution in [1.82, 2.24) is 5.27 Å². The average Bonchev–Trinajstić information content (AvgIpc) is 2.66. The standard InChI is InChI=1S/C11H13N3O/c12-11-9-14(13-15-11)8-4-7-10-5-2-1-3-6-10/h1-3,5-6,9,12H,4,7-8H2. The molecule has 2 rings (SSSR count). The number of nitrogens with one attached hydrogen (secondary N) is 1. The highest BCUT2D eigenvalue weighted by atomic mass is 16.5. The molecule has 1 aromatic heterocycles. The molecule has 1 N–H and O–H groups in total. The maximum Gasteiger partial charge on any atom is 0.264 e. The van der Waals surface area contributed by atoms with Crippen LogP contribution in [0, 0.1) is 5.41 Å². The van der Waals surface area contributed by atoms with E-state index in [1.54, 1.807) is 10.9 Å². The monoisotopic (exact) mass is 203 g/mol. The molecule has 0 aliphatic rings. The van der Waals surface area contributed by atoms with Crippen LogP contribution in [-0.2, 0) is 13.0 Å². The van der Waals surface area contributed by atoms with Crippen LogP contribution in [0.5, 0.6) is 0 Å². The molecule has 2 aromatic rings. The van der Waals surface area contributed by atoms with Crippen molar-refractivity contribution < 1.29 is 9.20 Å². The minimum atomic E-state index is 0.106. The van der Waals surface area contributed by atoms with Crippen LogP contribution in [0.3, 0.4) is 0 Å². The molecule has 1 heterocycles. The second kappa shape index (κ2) is 4.59. The molecule has 0 fully saturated rings. The third-order valence-corrected chi connectivity index (χ3v) is 2.21. The molecule has 0 atom stereocenters. The molecule has 15 heavy (non-hydrogen) atoms. The Bertz CT molecular complexity index is 458. The zero-order chi connectivity index (χ0) is 10.5. The zero-order valence-electron chi connectivity index (χ0n) is 8.39. The van der Waals surface area contributed by atoms with E-state index in [0.29, 0.717) is 0 Å². The Labute approximate surface area is 87.6 Å². The first-order valence-corrected chi connectivity index (χ1v) is 4.96. The van der Waals surface area contributed by atoms with Gasteiger partial charge in [-0.2, -0.15) is 0 Å². The van der Waals surface area contributed by atoms with Crippen LogP contribution in [0.4, 0.5) is 0 Å². The van der Waals surface area contributed by atoms with Gasteiger partial charge in [-0.05, 0) is 12.0 Å². The van der Waals surface area contributed by atoms with Crippen molar-refractivity contribution in [2.75, 3.05) is 0 Å². The van der Waals surface area contributed by atoms with Crippen LogP contribution in [0.15, 0.2) is 41.1 Å². The Hall–Kier alpha value is -1.84. The Balaban J connectivity index is 1.83. The van der Waals surface area contributed by atoms with Gasteiger partial charge in [0, 0.05) is 6.42 Å². The summed E-state index contributed by atoms with van der Waals surface area (Å²) in [5, 5.41) is 10.9. The fraction of sp³-hybridized carbons (Fsp3) is 0.273. The van der Waals surface area contributed by atoms with E-state index in [9.17, 15) is 0 Å². The summed E-state index contributed by atoms with van der Waals surface area (Å²) in [6.07, 6.45) is 3.61. The summed E-state index contributed by atoms with van der Waals surface area (Å²) in [5.41, 5.74) is 1.43. The molecule has 0 radical (unpaired) electrons. The second-order valence-electron chi connectivity index (χ2n) is 3.42. The van der Waals surface area contributed by atoms with Gasteiger partial charge >= 0.3 is 0 Å². The first-order valence-electron chi connectivity index (χ1n) is 4.96. The lowest BCUT2D eigenvalue weighted by Crippen LogP contribution is -2.37. The minimum Gasteiger partial charge on any atom is -0.487 e. The first-order chi connectivity index (χ1) is 7.34. The number of aromatic nitrogens is 2. The van der Waals surface area contributed by atoms with Gasteiger partial charge in [-0.15, -0.1) is 0 Å². The van der Waals surface area contributed by atoms with Gasteiger partial charge in [-0.1, -0.05) is 30.3 Å². The number of hydrogen-bond donors (Lipinski definition) is 1. The SMILES string of the molecule is N=c1c[n+](CCCc2ccccc2)[n-]o1. The zero-order valence-corrected chi connectivity index (χ0v) is 8.39. The number of rotatable bonds is 4.